The fraction of sp³-hybridized carbons (Fsp3) is 0.375. The van der Waals surface area contributed by atoms with Crippen molar-refractivity contribution < 1.29 is 23.5 Å². The zero-order valence-electron chi connectivity index (χ0n) is 19.0. The first kappa shape index (κ1) is 25.4. The molecule has 10 heteroatoms. The first-order valence-corrected chi connectivity index (χ1v) is 12.6. The van der Waals surface area contributed by atoms with E-state index in [0.29, 0.717) is 29.3 Å². The Bertz CT molecular complexity index is 1380. The number of aryl methyl sites for hydroxylation is 1. The minimum absolute atomic E-state index is 0.0179. The van der Waals surface area contributed by atoms with Crippen LogP contribution in [-0.2, 0) is 21.2 Å². The highest BCUT2D eigenvalue weighted by Gasteiger charge is 2.43. The van der Waals surface area contributed by atoms with Crippen molar-refractivity contribution in [2.24, 2.45) is 5.41 Å². The summed E-state index contributed by atoms with van der Waals surface area (Å²) in [6.07, 6.45) is 11.0. The number of benzene rings is 1. The topological polar surface area (TPSA) is 139 Å². The van der Waals surface area contributed by atoms with Crippen LogP contribution >= 0.6 is 0 Å². The molecule has 3 N–H and O–H groups in total. The first-order valence-electron chi connectivity index (χ1n) is 10.7. The Morgan fingerprint density at radius 2 is 2.12 bits per heavy atom. The minimum atomic E-state index is -3.88. The van der Waals surface area contributed by atoms with Crippen LogP contribution in [0.3, 0.4) is 0 Å². The zero-order valence-corrected chi connectivity index (χ0v) is 19.8. The Morgan fingerprint density at radius 1 is 1.35 bits per heavy atom. The summed E-state index contributed by atoms with van der Waals surface area (Å²) in [4.78, 5) is 29.2. The van der Waals surface area contributed by atoms with Crippen LogP contribution in [0.5, 0.6) is 0 Å². The lowest BCUT2D eigenvalue weighted by Crippen LogP contribution is -2.50. The van der Waals surface area contributed by atoms with Crippen molar-refractivity contribution in [1.82, 2.24) is 15.0 Å². The van der Waals surface area contributed by atoms with Gasteiger partial charge in [-0.15, -0.1) is 0 Å². The molecule has 180 valence electrons. The standard InChI is InChI=1S/C24H27N3O6S/c1-23(22(30)26-31,34(2,32)33)12-14-27-17-25-20-16-18(6-7-19(20)21(27)29)8-11-24(13-15-28)9-4-3-5-10-24/h3-7,9,16-17,28,31H,10,12-15H2,1-2H3,(H,26,30)/t23-,24?/m1/s1. The van der Waals surface area contributed by atoms with Crippen molar-refractivity contribution in [2.75, 3.05) is 12.9 Å². The van der Waals surface area contributed by atoms with E-state index in [1.807, 2.05) is 24.3 Å². The van der Waals surface area contributed by atoms with Gasteiger partial charge in [0.05, 0.1) is 22.6 Å². The number of nitrogens with one attached hydrogen (secondary N) is 1. The summed E-state index contributed by atoms with van der Waals surface area (Å²) in [5.41, 5.74) is 1.66. The van der Waals surface area contributed by atoms with Crippen molar-refractivity contribution in [1.29, 1.82) is 0 Å². The van der Waals surface area contributed by atoms with E-state index in [9.17, 15) is 23.1 Å². The van der Waals surface area contributed by atoms with Gasteiger partial charge in [0.15, 0.2) is 14.6 Å². The molecule has 1 amide bonds. The Labute approximate surface area is 197 Å². The quantitative estimate of drug-likeness (QED) is 0.305. The number of hydrogen-bond donors (Lipinski definition) is 3. The number of sulfone groups is 1. The largest absolute Gasteiger partial charge is 0.396 e. The van der Waals surface area contributed by atoms with Crippen LogP contribution in [0.25, 0.3) is 10.9 Å². The van der Waals surface area contributed by atoms with Crippen LogP contribution in [0.2, 0.25) is 0 Å². The Morgan fingerprint density at radius 3 is 2.74 bits per heavy atom. The summed E-state index contributed by atoms with van der Waals surface area (Å²) in [6, 6.07) is 5.01. The Kier molecular flexibility index (Phi) is 7.41. The predicted molar refractivity (Wildman–Crippen MR) is 128 cm³/mol. The lowest BCUT2D eigenvalue weighted by atomic mass is 9.79. The van der Waals surface area contributed by atoms with E-state index < -0.39 is 25.9 Å². The number of carbonyl (C=O) groups excluding carboxylic acids is 1. The highest BCUT2D eigenvalue weighted by atomic mass is 32.2. The molecule has 34 heavy (non-hydrogen) atoms. The van der Waals surface area contributed by atoms with E-state index in [1.54, 1.807) is 18.2 Å². The summed E-state index contributed by atoms with van der Waals surface area (Å²) in [5.74, 6) is 5.29. The fourth-order valence-electron chi connectivity index (χ4n) is 3.72. The van der Waals surface area contributed by atoms with E-state index in [2.05, 4.69) is 16.8 Å². The maximum atomic E-state index is 12.9. The van der Waals surface area contributed by atoms with E-state index in [1.165, 1.54) is 23.3 Å². The average molecular weight is 486 g/mol. The second kappa shape index (κ2) is 9.93. The fourth-order valence-corrected chi connectivity index (χ4v) is 4.56. The highest BCUT2D eigenvalue weighted by Crippen LogP contribution is 2.31. The van der Waals surface area contributed by atoms with Crippen LogP contribution in [-0.4, -0.2) is 51.8 Å². The molecule has 1 aromatic carbocycles. The van der Waals surface area contributed by atoms with E-state index in [0.717, 1.165) is 6.26 Å². The third-order valence-corrected chi connectivity index (χ3v) is 8.24. The second-order valence-electron chi connectivity index (χ2n) is 8.54. The number of carbonyl (C=O) groups is 1. The normalized spacial score (nSPS) is 19.3. The average Bonchev–Trinajstić information content (AvgIpc) is 2.81. The molecule has 1 heterocycles. The predicted octanol–water partition coefficient (Wildman–Crippen LogP) is 1.33. The molecule has 0 fully saturated rings. The molecule has 0 saturated carbocycles. The molecule has 0 saturated heterocycles. The van der Waals surface area contributed by atoms with Gasteiger partial charge >= 0.3 is 0 Å². The molecule has 2 atom stereocenters. The molecule has 3 rings (SSSR count). The van der Waals surface area contributed by atoms with Crippen LogP contribution in [0.4, 0.5) is 0 Å². The van der Waals surface area contributed by atoms with Gasteiger partial charge in [-0.25, -0.2) is 18.9 Å². The molecular weight excluding hydrogens is 458 g/mol. The molecular formula is C24H27N3O6S. The summed E-state index contributed by atoms with van der Waals surface area (Å²) in [6.45, 7) is 1.12. The number of aliphatic hydroxyl groups excluding tert-OH is 1. The second-order valence-corrected chi connectivity index (χ2v) is 11.0. The molecule has 2 aromatic rings. The monoisotopic (exact) mass is 485 g/mol. The molecule has 0 spiro atoms. The molecule has 1 aromatic heterocycles. The number of allylic oxidation sites excluding steroid dienone is 4. The maximum absolute atomic E-state index is 12.9. The molecule has 1 aliphatic carbocycles. The minimum Gasteiger partial charge on any atom is -0.396 e. The van der Waals surface area contributed by atoms with Gasteiger partial charge < -0.3 is 5.11 Å². The van der Waals surface area contributed by atoms with Crippen LogP contribution in [0.1, 0.15) is 31.7 Å². The third kappa shape index (κ3) is 5.12. The summed E-state index contributed by atoms with van der Waals surface area (Å²) < 4.78 is 23.6. The van der Waals surface area contributed by atoms with Crippen molar-refractivity contribution >= 4 is 26.6 Å². The number of hydrogen-bond acceptors (Lipinski definition) is 7. The molecule has 0 radical (unpaired) electrons. The van der Waals surface area contributed by atoms with Gasteiger partial charge in [-0.3, -0.25) is 19.4 Å². The van der Waals surface area contributed by atoms with Gasteiger partial charge in [-0.2, -0.15) is 0 Å². The van der Waals surface area contributed by atoms with Gasteiger partial charge in [0.25, 0.3) is 11.5 Å². The van der Waals surface area contributed by atoms with Gasteiger partial charge in [0.1, 0.15) is 0 Å². The van der Waals surface area contributed by atoms with E-state index in [4.69, 9.17) is 5.21 Å². The summed E-state index contributed by atoms with van der Waals surface area (Å²) >= 11 is 0. The number of hydroxylamine groups is 1. The van der Waals surface area contributed by atoms with Crippen LogP contribution in [0, 0.1) is 17.3 Å². The maximum Gasteiger partial charge on any atom is 0.264 e. The number of fused-ring (bicyclic) bond motifs is 1. The SMILES string of the molecule is C[C@@](CCn1cnc2cc(C#CC3(CCO)C=CC=CC3)ccc2c1=O)(C(=O)NO)S(C)(=O)=O. The Balaban J connectivity index is 1.89. The summed E-state index contributed by atoms with van der Waals surface area (Å²) in [7, 11) is -3.88. The first-order chi connectivity index (χ1) is 16.0. The highest BCUT2D eigenvalue weighted by molar-refractivity contribution is 7.92. The van der Waals surface area contributed by atoms with E-state index in [-0.39, 0.29) is 25.1 Å². The third-order valence-electron chi connectivity index (χ3n) is 6.21. The zero-order chi connectivity index (χ0) is 25.0. The number of aromatic nitrogens is 2. The van der Waals surface area contributed by atoms with Crippen molar-refractivity contribution in [3.63, 3.8) is 0 Å². The van der Waals surface area contributed by atoms with Crippen molar-refractivity contribution in [2.45, 2.75) is 37.5 Å². The molecule has 0 bridgehead atoms. The molecule has 1 aliphatic rings. The van der Waals surface area contributed by atoms with E-state index >= 15 is 0 Å². The molecule has 9 nitrogen and oxygen atoms in total. The molecule has 0 aliphatic heterocycles. The lowest BCUT2D eigenvalue weighted by Gasteiger charge is -2.25. The van der Waals surface area contributed by atoms with Crippen molar-refractivity contribution in [3.8, 4) is 11.8 Å². The summed E-state index contributed by atoms with van der Waals surface area (Å²) in [5, 5.41) is 18.7. The van der Waals surface area contributed by atoms with Gasteiger partial charge in [0, 0.05) is 25.0 Å². The van der Waals surface area contributed by atoms with Gasteiger partial charge in [-0.1, -0.05) is 36.1 Å². The molecule has 1 unspecified atom stereocenters. The van der Waals surface area contributed by atoms with Crippen molar-refractivity contribution in [3.05, 3.63) is 64.7 Å². The number of rotatable bonds is 7. The van der Waals surface area contributed by atoms with Crippen LogP contribution < -0.4 is 11.0 Å². The van der Waals surface area contributed by atoms with Crippen LogP contribution in [0.15, 0.2) is 53.6 Å². The number of nitrogens with zero attached hydrogens (tertiary/aromatic N) is 2. The Hall–Kier alpha value is -3.26. The lowest BCUT2D eigenvalue weighted by molar-refractivity contribution is -0.131. The van der Waals surface area contributed by atoms with Gasteiger partial charge in [-0.05, 0) is 44.4 Å². The smallest absolute Gasteiger partial charge is 0.264 e. The number of amides is 1. The number of aliphatic hydroxyl groups is 1. The van der Waals surface area contributed by atoms with Gasteiger partial charge in [0.2, 0.25) is 0 Å².